The van der Waals surface area contributed by atoms with Gasteiger partial charge in [0.15, 0.2) is 0 Å². The Kier molecular flexibility index (Phi) is 4.66. The lowest BCUT2D eigenvalue weighted by Crippen LogP contribution is -2.50. The predicted octanol–water partition coefficient (Wildman–Crippen LogP) is 1.86. The molecule has 0 radical (unpaired) electrons. The fourth-order valence-electron chi connectivity index (χ4n) is 3.73. The smallest absolute Gasteiger partial charge is 0.230 e. The standard InChI is InChI=1S/C20H22N4O3/c1-27-15-4-5-18-16(11-15)17(12-19(25)22-18)20(26)24-9-7-23(8-10-24)14-3-2-6-21-13-14/h2-6,11,13,17H,7-10,12H2,1H3,(H,22,25)/t17-/m1/s1. The van der Waals surface area contributed by atoms with Crippen LogP contribution in [0.3, 0.4) is 0 Å². The number of rotatable bonds is 3. The van der Waals surface area contributed by atoms with Gasteiger partial charge in [-0.15, -0.1) is 0 Å². The fraction of sp³-hybridized carbons (Fsp3) is 0.350. The van der Waals surface area contributed by atoms with E-state index in [1.54, 1.807) is 25.4 Å². The third kappa shape index (κ3) is 3.45. The van der Waals surface area contributed by atoms with Gasteiger partial charge in [-0.3, -0.25) is 14.6 Å². The van der Waals surface area contributed by atoms with E-state index in [1.165, 1.54) is 0 Å². The van der Waals surface area contributed by atoms with Gasteiger partial charge in [-0.1, -0.05) is 0 Å². The highest BCUT2D eigenvalue weighted by Gasteiger charge is 2.35. The molecule has 2 amide bonds. The minimum atomic E-state index is -0.464. The summed E-state index contributed by atoms with van der Waals surface area (Å²) in [5, 5.41) is 2.85. The van der Waals surface area contributed by atoms with E-state index in [-0.39, 0.29) is 18.2 Å². The van der Waals surface area contributed by atoms with Gasteiger partial charge in [0, 0.05) is 44.5 Å². The van der Waals surface area contributed by atoms with Crippen LogP contribution in [-0.4, -0.2) is 55.0 Å². The van der Waals surface area contributed by atoms with Gasteiger partial charge in [0.2, 0.25) is 11.8 Å². The van der Waals surface area contributed by atoms with Crippen LogP contribution < -0.4 is 15.0 Å². The van der Waals surface area contributed by atoms with Gasteiger partial charge in [-0.2, -0.15) is 0 Å². The summed E-state index contributed by atoms with van der Waals surface area (Å²) in [5.74, 6) is 0.100. The van der Waals surface area contributed by atoms with Crippen molar-refractivity contribution in [2.75, 3.05) is 43.5 Å². The molecule has 1 fully saturated rings. The lowest BCUT2D eigenvalue weighted by molar-refractivity contribution is -0.135. The largest absolute Gasteiger partial charge is 0.497 e. The summed E-state index contributed by atoms with van der Waals surface area (Å²) < 4.78 is 5.29. The first kappa shape index (κ1) is 17.3. The summed E-state index contributed by atoms with van der Waals surface area (Å²) in [6, 6.07) is 9.38. The Morgan fingerprint density at radius 3 is 2.74 bits per heavy atom. The Morgan fingerprint density at radius 1 is 1.22 bits per heavy atom. The molecule has 2 aliphatic rings. The highest BCUT2D eigenvalue weighted by atomic mass is 16.5. The van der Waals surface area contributed by atoms with Crippen LogP contribution in [0.1, 0.15) is 17.9 Å². The summed E-state index contributed by atoms with van der Waals surface area (Å²) in [6.07, 6.45) is 3.76. The number of carbonyl (C=O) groups excluding carboxylic acids is 2. The molecule has 2 aliphatic heterocycles. The van der Waals surface area contributed by atoms with Crippen LogP contribution in [0.15, 0.2) is 42.7 Å². The maximum absolute atomic E-state index is 13.2. The number of benzene rings is 1. The number of hydrogen-bond donors (Lipinski definition) is 1. The zero-order valence-corrected chi connectivity index (χ0v) is 15.2. The topological polar surface area (TPSA) is 74.8 Å². The van der Waals surface area contributed by atoms with Crippen LogP contribution in [-0.2, 0) is 9.59 Å². The van der Waals surface area contributed by atoms with Crippen molar-refractivity contribution in [1.29, 1.82) is 0 Å². The number of hydrogen-bond acceptors (Lipinski definition) is 5. The van der Waals surface area contributed by atoms with Crippen molar-refractivity contribution in [2.45, 2.75) is 12.3 Å². The molecular formula is C20H22N4O3. The molecule has 0 aliphatic carbocycles. The van der Waals surface area contributed by atoms with Gasteiger partial charge in [0.25, 0.3) is 0 Å². The second kappa shape index (κ2) is 7.26. The van der Waals surface area contributed by atoms with E-state index < -0.39 is 5.92 Å². The average Bonchev–Trinajstić information content (AvgIpc) is 2.73. The van der Waals surface area contributed by atoms with E-state index in [4.69, 9.17) is 4.74 Å². The van der Waals surface area contributed by atoms with E-state index in [1.807, 2.05) is 29.3 Å². The number of fused-ring (bicyclic) bond motifs is 1. The third-order valence-electron chi connectivity index (χ3n) is 5.20. The maximum atomic E-state index is 13.2. The molecule has 2 aromatic rings. The molecule has 1 saturated heterocycles. The Balaban J connectivity index is 1.50. The summed E-state index contributed by atoms with van der Waals surface area (Å²) >= 11 is 0. The molecule has 4 rings (SSSR count). The molecule has 7 heteroatoms. The molecule has 0 bridgehead atoms. The number of anilines is 2. The quantitative estimate of drug-likeness (QED) is 0.898. The molecule has 140 valence electrons. The van der Waals surface area contributed by atoms with Crippen LogP contribution in [0.4, 0.5) is 11.4 Å². The molecule has 0 spiro atoms. The first-order valence-corrected chi connectivity index (χ1v) is 9.07. The number of ether oxygens (including phenoxy) is 1. The number of piperazine rings is 1. The van der Waals surface area contributed by atoms with E-state index in [9.17, 15) is 9.59 Å². The van der Waals surface area contributed by atoms with Crippen LogP contribution >= 0.6 is 0 Å². The van der Waals surface area contributed by atoms with Crippen LogP contribution in [0.2, 0.25) is 0 Å². The second-order valence-electron chi connectivity index (χ2n) is 6.78. The number of aromatic nitrogens is 1. The monoisotopic (exact) mass is 366 g/mol. The molecule has 1 aromatic carbocycles. The first-order valence-electron chi connectivity index (χ1n) is 9.07. The van der Waals surface area contributed by atoms with Crippen molar-refractivity contribution in [1.82, 2.24) is 9.88 Å². The van der Waals surface area contributed by atoms with Gasteiger partial charge in [0.05, 0.1) is 24.9 Å². The number of amides is 2. The molecule has 1 aromatic heterocycles. The highest BCUT2D eigenvalue weighted by molar-refractivity contribution is 6.01. The Labute approximate surface area is 157 Å². The minimum Gasteiger partial charge on any atom is -0.497 e. The van der Waals surface area contributed by atoms with Crippen LogP contribution in [0, 0.1) is 0 Å². The van der Waals surface area contributed by atoms with Crippen molar-refractivity contribution >= 4 is 23.2 Å². The summed E-state index contributed by atoms with van der Waals surface area (Å²) in [7, 11) is 1.59. The molecule has 1 atom stereocenters. The number of nitrogens with zero attached hydrogens (tertiary/aromatic N) is 3. The van der Waals surface area contributed by atoms with Crippen molar-refractivity contribution < 1.29 is 14.3 Å². The van der Waals surface area contributed by atoms with Crippen molar-refractivity contribution in [3.63, 3.8) is 0 Å². The van der Waals surface area contributed by atoms with E-state index in [2.05, 4.69) is 15.2 Å². The molecular weight excluding hydrogens is 344 g/mol. The number of pyridine rings is 1. The number of nitrogens with one attached hydrogen (secondary N) is 1. The maximum Gasteiger partial charge on any atom is 0.230 e. The molecule has 7 nitrogen and oxygen atoms in total. The Morgan fingerprint density at radius 2 is 2.04 bits per heavy atom. The van der Waals surface area contributed by atoms with Crippen LogP contribution in [0.25, 0.3) is 0 Å². The lowest BCUT2D eigenvalue weighted by Gasteiger charge is -2.38. The van der Waals surface area contributed by atoms with Gasteiger partial charge in [-0.05, 0) is 35.9 Å². The van der Waals surface area contributed by atoms with Crippen molar-refractivity contribution in [3.8, 4) is 5.75 Å². The number of methoxy groups -OCH3 is 1. The molecule has 0 saturated carbocycles. The first-order chi connectivity index (χ1) is 13.2. The van der Waals surface area contributed by atoms with Crippen molar-refractivity contribution in [3.05, 3.63) is 48.3 Å². The van der Waals surface area contributed by atoms with Crippen LogP contribution in [0.5, 0.6) is 5.75 Å². The van der Waals surface area contributed by atoms with Gasteiger partial charge >= 0.3 is 0 Å². The highest BCUT2D eigenvalue weighted by Crippen LogP contribution is 2.36. The minimum absolute atomic E-state index is 0.00481. The number of carbonyl (C=O) groups is 2. The predicted molar refractivity (Wildman–Crippen MR) is 102 cm³/mol. The zero-order valence-electron chi connectivity index (χ0n) is 15.2. The SMILES string of the molecule is COc1ccc2c(c1)[C@H](C(=O)N1CCN(c3cccnc3)CC1)CC(=O)N2. The average molecular weight is 366 g/mol. The van der Waals surface area contributed by atoms with E-state index >= 15 is 0 Å². The summed E-state index contributed by atoms with van der Waals surface area (Å²) in [5.41, 5.74) is 2.59. The second-order valence-corrected chi connectivity index (χ2v) is 6.78. The van der Waals surface area contributed by atoms with Gasteiger partial charge in [0.1, 0.15) is 5.75 Å². The summed E-state index contributed by atoms with van der Waals surface area (Å²) in [4.78, 5) is 33.5. The van der Waals surface area contributed by atoms with Gasteiger partial charge in [-0.25, -0.2) is 0 Å². The fourth-order valence-corrected chi connectivity index (χ4v) is 3.73. The van der Waals surface area contributed by atoms with E-state index in [0.717, 1.165) is 24.3 Å². The molecule has 1 N–H and O–H groups in total. The van der Waals surface area contributed by atoms with Crippen molar-refractivity contribution in [2.24, 2.45) is 0 Å². The summed E-state index contributed by atoms with van der Waals surface area (Å²) in [6.45, 7) is 2.76. The van der Waals surface area contributed by atoms with Gasteiger partial charge < -0.3 is 19.9 Å². The third-order valence-corrected chi connectivity index (χ3v) is 5.20. The normalized spacial score (nSPS) is 19.3. The molecule has 3 heterocycles. The Hall–Kier alpha value is -3.09. The lowest BCUT2D eigenvalue weighted by atomic mass is 9.89. The Bertz CT molecular complexity index is 848. The van der Waals surface area contributed by atoms with E-state index in [0.29, 0.717) is 24.5 Å². The molecule has 27 heavy (non-hydrogen) atoms. The molecule has 0 unspecified atom stereocenters. The zero-order chi connectivity index (χ0) is 18.8.